The molecule has 6 heteroatoms. The van der Waals surface area contributed by atoms with Crippen LogP contribution in [0.1, 0.15) is 70.3 Å². The van der Waals surface area contributed by atoms with Crippen molar-refractivity contribution in [1.82, 2.24) is 4.90 Å². The zero-order valence-corrected chi connectivity index (χ0v) is 20.7. The van der Waals surface area contributed by atoms with Gasteiger partial charge in [-0.3, -0.25) is 9.59 Å². The lowest BCUT2D eigenvalue weighted by Crippen LogP contribution is -2.39. The molecule has 1 aromatic carbocycles. The van der Waals surface area contributed by atoms with Crippen LogP contribution in [0.25, 0.3) is 0 Å². The van der Waals surface area contributed by atoms with E-state index < -0.39 is 0 Å². The van der Waals surface area contributed by atoms with Crippen molar-refractivity contribution in [2.75, 3.05) is 20.3 Å². The topological polar surface area (TPSA) is 55.8 Å². The van der Waals surface area contributed by atoms with Gasteiger partial charge in [-0.2, -0.15) is 0 Å². The fraction of sp³-hybridized carbons (Fsp3) is 0.520. The molecule has 0 fully saturated rings. The van der Waals surface area contributed by atoms with Gasteiger partial charge in [-0.25, -0.2) is 0 Å². The molecule has 0 atom stereocenters. The number of allylic oxidation sites excluding steroid dienone is 4. The first-order chi connectivity index (χ1) is 15.0. The second-order valence-corrected chi connectivity index (χ2v) is 9.49. The van der Waals surface area contributed by atoms with Gasteiger partial charge in [0.2, 0.25) is 0 Å². The molecule has 0 spiro atoms. The summed E-state index contributed by atoms with van der Waals surface area (Å²) in [7, 11) is 1.64. The van der Waals surface area contributed by atoms with Crippen molar-refractivity contribution >= 4 is 34.2 Å². The average molecular weight is 535 g/mol. The molecule has 166 valence electrons. The maximum absolute atomic E-state index is 13.3. The Hall–Kier alpha value is -1.83. The summed E-state index contributed by atoms with van der Waals surface area (Å²) >= 11 is 2.25. The van der Waals surface area contributed by atoms with Gasteiger partial charge in [0.25, 0.3) is 0 Å². The maximum Gasteiger partial charge on any atom is 0.174 e. The van der Waals surface area contributed by atoms with Crippen molar-refractivity contribution in [2.45, 2.75) is 64.7 Å². The summed E-state index contributed by atoms with van der Waals surface area (Å²) in [6, 6.07) is 4.03. The number of hydrogen-bond donors (Lipinski definition) is 0. The fourth-order valence-electron chi connectivity index (χ4n) is 5.26. The van der Waals surface area contributed by atoms with Gasteiger partial charge in [0.1, 0.15) is 0 Å². The Balaban J connectivity index is 1.96. The monoisotopic (exact) mass is 535 g/mol. The van der Waals surface area contributed by atoms with E-state index in [0.29, 0.717) is 30.9 Å². The van der Waals surface area contributed by atoms with Crippen molar-refractivity contribution in [2.24, 2.45) is 0 Å². The molecule has 0 N–H and O–H groups in total. The molecule has 1 aliphatic heterocycles. The number of Topliss-reactive ketones (excluding diaryl/α,β-unsaturated/α-hetero) is 2. The van der Waals surface area contributed by atoms with Gasteiger partial charge < -0.3 is 14.4 Å². The highest BCUT2D eigenvalue weighted by Crippen LogP contribution is 2.50. The largest absolute Gasteiger partial charge is 0.492 e. The minimum absolute atomic E-state index is 0.182. The van der Waals surface area contributed by atoms with E-state index >= 15 is 0 Å². The number of nitrogens with zero attached hydrogens (tertiary/aromatic N) is 1. The van der Waals surface area contributed by atoms with E-state index in [0.717, 1.165) is 70.3 Å². The number of benzene rings is 1. The van der Waals surface area contributed by atoms with Gasteiger partial charge in [-0.05, 0) is 79.3 Å². The van der Waals surface area contributed by atoms with Gasteiger partial charge in [0.15, 0.2) is 23.1 Å². The van der Waals surface area contributed by atoms with Crippen molar-refractivity contribution in [3.8, 4) is 11.5 Å². The Morgan fingerprint density at radius 3 is 2.13 bits per heavy atom. The Morgan fingerprint density at radius 1 is 1.00 bits per heavy atom. The Kier molecular flexibility index (Phi) is 6.74. The quantitative estimate of drug-likeness (QED) is 0.449. The third-order valence-corrected chi connectivity index (χ3v) is 7.20. The van der Waals surface area contributed by atoms with E-state index in [2.05, 4.69) is 40.5 Å². The predicted molar refractivity (Wildman–Crippen MR) is 128 cm³/mol. The summed E-state index contributed by atoms with van der Waals surface area (Å²) in [4.78, 5) is 28.9. The van der Waals surface area contributed by atoms with Crippen LogP contribution in [0.15, 0.2) is 34.7 Å². The SMILES string of the molecule is CCCN1C2=C(C(=O)CCC2)C(c2cc(I)c(OC)c(OCC)c2)C2=C1CCCC2=O. The molecule has 5 nitrogen and oxygen atoms in total. The van der Waals surface area contributed by atoms with Crippen LogP contribution < -0.4 is 9.47 Å². The molecule has 31 heavy (non-hydrogen) atoms. The first kappa shape index (κ1) is 22.4. The van der Waals surface area contributed by atoms with Crippen LogP contribution in [0, 0.1) is 3.57 Å². The summed E-state index contributed by atoms with van der Waals surface area (Å²) in [6.45, 7) is 5.47. The molecule has 1 aromatic rings. The molecule has 2 aliphatic carbocycles. The van der Waals surface area contributed by atoms with Crippen LogP contribution in [0.2, 0.25) is 0 Å². The normalized spacial score (nSPS) is 19.5. The second kappa shape index (κ2) is 9.35. The zero-order chi connectivity index (χ0) is 22.1. The fourth-order valence-corrected chi connectivity index (χ4v) is 6.10. The van der Waals surface area contributed by atoms with Gasteiger partial charge in [-0.1, -0.05) is 6.92 Å². The molecular formula is C25H30INO4. The number of rotatable bonds is 6. The van der Waals surface area contributed by atoms with Gasteiger partial charge >= 0.3 is 0 Å². The van der Waals surface area contributed by atoms with Crippen LogP contribution in [-0.2, 0) is 9.59 Å². The molecule has 0 radical (unpaired) electrons. The number of methoxy groups -OCH3 is 1. The van der Waals surface area contributed by atoms with Crippen molar-refractivity contribution in [3.63, 3.8) is 0 Å². The molecule has 0 aromatic heterocycles. The summed E-state index contributed by atoms with van der Waals surface area (Å²) in [5, 5.41) is 0. The Bertz CT molecular complexity index is 934. The summed E-state index contributed by atoms with van der Waals surface area (Å²) in [5.74, 6) is 1.42. The number of ether oxygens (including phenoxy) is 2. The molecule has 1 heterocycles. The third kappa shape index (κ3) is 3.92. The first-order valence-corrected chi connectivity index (χ1v) is 12.4. The Morgan fingerprint density at radius 2 is 1.61 bits per heavy atom. The van der Waals surface area contributed by atoms with Gasteiger partial charge in [0, 0.05) is 47.8 Å². The van der Waals surface area contributed by atoms with Crippen molar-refractivity contribution in [1.29, 1.82) is 0 Å². The van der Waals surface area contributed by atoms with Crippen LogP contribution in [-0.4, -0.2) is 36.7 Å². The number of ketones is 2. The standard InChI is InChI=1S/C25H30INO4/c1-4-12-27-17-8-6-10-19(28)23(17)22(24-18(27)9-7-11-20(24)29)15-13-16(26)25(30-3)21(14-15)31-5-2/h13-14,22H,4-12H2,1-3H3. The summed E-state index contributed by atoms with van der Waals surface area (Å²) in [6.07, 6.45) is 5.64. The first-order valence-electron chi connectivity index (χ1n) is 11.3. The molecule has 0 amide bonds. The minimum Gasteiger partial charge on any atom is -0.492 e. The molecule has 3 aliphatic rings. The van der Waals surface area contributed by atoms with Crippen molar-refractivity contribution < 1.29 is 19.1 Å². The van der Waals surface area contributed by atoms with Gasteiger partial charge in [-0.15, -0.1) is 0 Å². The number of halogens is 1. The smallest absolute Gasteiger partial charge is 0.174 e. The second-order valence-electron chi connectivity index (χ2n) is 8.33. The van der Waals surface area contributed by atoms with Crippen molar-refractivity contribution in [3.05, 3.63) is 43.8 Å². The molecule has 0 bridgehead atoms. The third-order valence-electron chi connectivity index (χ3n) is 6.40. The molecule has 4 rings (SSSR count). The number of carbonyl (C=O) groups is 2. The zero-order valence-electron chi connectivity index (χ0n) is 18.6. The van der Waals surface area contributed by atoms with E-state index in [1.807, 2.05) is 13.0 Å². The van der Waals surface area contributed by atoms with Crippen LogP contribution in [0.3, 0.4) is 0 Å². The molecular weight excluding hydrogens is 505 g/mol. The Labute approximate surface area is 198 Å². The molecule has 0 saturated carbocycles. The van der Waals surface area contributed by atoms with Gasteiger partial charge in [0.05, 0.1) is 17.3 Å². The summed E-state index contributed by atoms with van der Waals surface area (Å²) in [5.41, 5.74) is 4.89. The van der Waals surface area contributed by atoms with E-state index in [4.69, 9.17) is 9.47 Å². The van der Waals surface area contributed by atoms with E-state index in [9.17, 15) is 9.59 Å². The van der Waals surface area contributed by atoms with Crippen LogP contribution >= 0.6 is 22.6 Å². The lowest BCUT2D eigenvalue weighted by molar-refractivity contribution is -0.117. The molecule has 0 unspecified atom stereocenters. The number of hydrogen-bond acceptors (Lipinski definition) is 5. The predicted octanol–water partition coefficient (Wildman–Crippen LogP) is 5.52. The van der Waals surface area contributed by atoms with E-state index in [-0.39, 0.29) is 17.5 Å². The minimum atomic E-state index is -0.308. The lowest BCUT2D eigenvalue weighted by atomic mass is 9.71. The van der Waals surface area contributed by atoms with E-state index in [1.54, 1.807) is 7.11 Å². The highest BCUT2D eigenvalue weighted by atomic mass is 127. The number of carbonyl (C=O) groups excluding carboxylic acids is 2. The molecule has 0 saturated heterocycles. The van der Waals surface area contributed by atoms with Crippen LogP contribution in [0.4, 0.5) is 0 Å². The summed E-state index contributed by atoms with van der Waals surface area (Å²) < 4.78 is 12.4. The van der Waals surface area contributed by atoms with Crippen LogP contribution in [0.5, 0.6) is 11.5 Å². The van der Waals surface area contributed by atoms with E-state index in [1.165, 1.54) is 0 Å². The highest BCUT2D eigenvalue weighted by Gasteiger charge is 2.43. The maximum atomic E-state index is 13.3. The highest BCUT2D eigenvalue weighted by molar-refractivity contribution is 14.1. The average Bonchev–Trinajstić information content (AvgIpc) is 2.75. The lowest BCUT2D eigenvalue weighted by Gasteiger charge is -2.44.